The zero-order valence-electron chi connectivity index (χ0n) is 17.1. The van der Waals surface area contributed by atoms with Crippen molar-refractivity contribution in [2.45, 2.75) is 33.3 Å². The molecule has 0 saturated heterocycles. The van der Waals surface area contributed by atoms with Crippen molar-refractivity contribution in [1.29, 1.82) is 0 Å². The molecule has 8 nitrogen and oxygen atoms in total. The van der Waals surface area contributed by atoms with Crippen LogP contribution >= 0.6 is 0 Å². The first-order valence-electron chi connectivity index (χ1n) is 9.69. The summed E-state index contributed by atoms with van der Waals surface area (Å²) in [5.74, 6) is 0.0673. The number of carbonyl (C=O) groups is 1. The number of ether oxygens (including phenoxy) is 2. The van der Waals surface area contributed by atoms with E-state index in [1.165, 1.54) is 36.8 Å². The Morgan fingerprint density at radius 2 is 1.97 bits per heavy atom. The van der Waals surface area contributed by atoms with Gasteiger partial charge >= 0.3 is 12.5 Å². The number of alkyl halides is 3. The first kappa shape index (κ1) is 21.5. The van der Waals surface area contributed by atoms with Gasteiger partial charge in [0.15, 0.2) is 0 Å². The number of fused-ring (bicyclic) bond motifs is 2. The summed E-state index contributed by atoms with van der Waals surface area (Å²) in [5, 5.41) is 13.6. The van der Waals surface area contributed by atoms with E-state index in [4.69, 9.17) is 5.11 Å². The Morgan fingerprint density at radius 3 is 2.66 bits per heavy atom. The lowest BCUT2D eigenvalue weighted by Crippen LogP contribution is -2.17. The summed E-state index contributed by atoms with van der Waals surface area (Å²) < 4.78 is 50.9. The van der Waals surface area contributed by atoms with Crippen molar-refractivity contribution in [3.8, 4) is 11.5 Å². The van der Waals surface area contributed by atoms with E-state index in [9.17, 15) is 18.0 Å². The normalized spacial score (nSPS) is 12.1. The van der Waals surface area contributed by atoms with Gasteiger partial charge in [0, 0.05) is 23.6 Å². The summed E-state index contributed by atoms with van der Waals surface area (Å²) in [6.07, 6.45) is -3.21. The molecule has 0 atom stereocenters. The molecule has 2 heterocycles. The van der Waals surface area contributed by atoms with Crippen molar-refractivity contribution >= 4 is 28.1 Å². The molecule has 0 aliphatic heterocycles. The largest absolute Gasteiger partial charge is 0.573 e. The molecule has 0 aliphatic rings. The SMILES string of the molecule is CC(C)Cn1ncc2cc(OC(F)(F)F)cc(Cn3cnc4cc(OC(=O)O)ccc43)c21. The Morgan fingerprint density at radius 1 is 1.19 bits per heavy atom. The van der Waals surface area contributed by atoms with Crippen LogP contribution in [0.4, 0.5) is 18.0 Å². The standard InChI is InChI=1S/C21H19F3N4O4/c1-12(2)9-28-19-13(8-26-28)5-16(32-21(22,23)24)6-14(19)10-27-11-25-17-7-15(31-20(29)30)3-4-18(17)27/h3-8,11-12H,9-10H2,1-2H3,(H,29,30). The van der Waals surface area contributed by atoms with E-state index in [1.807, 2.05) is 13.8 Å². The fourth-order valence-electron chi connectivity index (χ4n) is 3.61. The number of nitrogens with zero attached hydrogens (tertiary/aromatic N) is 4. The second-order valence-corrected chi connectivity index (χ2v) is 7.68. The number of rotatable bonds is 6. The highest BCUT2D eigenvalue weighted by Gasteiger charge is 2.31. The molecule has 2 aromatic heterocycles. The lowest BCUT2D eigenvalue weighted by Gasteiger charge is -2.14. The van der Waals surface area contributed by atoms with Crippen LogP contribution in [-0.2, 0) is 13.1 Å². The minimum atomic E-state index is -4.82. The molecule has 0 radical (unpaired) electrons. The number of halogens is 3. The molecule has 2 aromatic carbocycles. The highest BCUT2D eigenvalue weighted by atomic mass is 19.4. The molecule has 0 bridgehead atoms. The van der Waals surface area contributed by atoms with Gasteiger partial charge in [-0.05, 0) is 30.2 Å². The van der Waals surface area contributed by atoms with Gasteiger partial charge in [-0.3, -0.25) is 4.68 Å². The first-order chi connectivity index (χ1) is 15.1. The smallest absolute Gasteiger partial charge is 0.449 e. The number of hydrogen-bond donors (Lipinski definition) is 1. The third kappa shape index (κ3) is 4.61. The Labute approximate surface area is 179 Å². The van der Waals surface area contributed by atoms with Gasteiger partial charge in [0.25, 0.3) is 0 Å². The summed E-state index contributed by atoms with van der Waals surface area (Å²) >= 11 is 0. The second kappa shape index (κ2) is 8.06. The van der Waals surface area contributed by atoms with Gasteiger partial charge in [-0.25, -0.2) is 9.78 Å². The van der Waals surface area contributed by atoms with E-state index in [0.29, 0.717) is 34.0 Å². The van der Waals surface area contributed by atoms with Crippen LogP contribution in [0.3, 0.4) is 0 Å². The van der Waals surface area contributed by atoms with Gasteiger partial charge in [0.05, 0.1) is 35.6 Å². The lowest BCUT2D eigenvalue weighted by molar-refractivity contribution is -0.274. The minimum Gasteiger partial charge on any atom is -0.449 e. The predicted octanol–water partition coefficient (Wildman–Crippen LogP) is 5.05. The fourth-order valence-corrected chi connectivity index (χ4v) is 3.61. The van der Waals surface area contributed by atoms with E-state index >= 15 is 0 Å². The van der Waals surface area contributed by atoms with Crippen molar-refractivity contribution < 1.29 is 32.5 Å². The molecule has 0 unspecified atom stereocenters. The Balaban J connectivity index is 1.78. The minimum absolute atomic E-state index is 0.119. The third-order valence-electron chi connectivity index (χ3n) is 4.70. The molecular formula is C21H19F3N4O4. The maximum Gasteiger partial charge on any atom is 0.573 e. The van der Waals surface area contributed by atoms with Crippen LogP contribution in [-0.4, -0.2) is 37.0 Å². The summed E-state index contributed by atoms with van der Waals surface area (Å²) in [6.45, 7) is 4.84. The lowest BCUT2D eigenvalue weighted by atomic mass is 10.1. The zero-order chi connectivity index (χ0) is 23.0. The number of benzene rings is 2. The van der Waals surface area contributed by atoms with Crippen LogP contribution in [0.15, 0.2) is 42.9 Å². The number of aromatic nitrogens is 4. The van der Waals surface area contributed by atoms with Crippen LogP contribution in [0.25, 0.3) is 21.9 Å². The highest BCUT2D eigenvalue weighted by molar-refractivity contribution is 5.84. The van der Waals surface area contributed by atoms with Gasteiger partial charge in [-0.15, -0.1) is 13.2 Å². The van der Waals surface area contributed by atoms with Crippen molar-refractivity contribution in [1.82, 2.24) is 19.3 Å². The van der Waals surface area contributed by atoms with Gasteiger partial charge in [-0.2, -0.15) is 5.10 Å². The number of carboxylic acid groups (broad SMARTS) is 1. The monoisotopic (exact) mass is 448 g/mol. The molecule has 168 valence electrons. The maximum absolute atomic E-state index is 12.9. The molecule has 4 aromatic rings. The summed E-state index contributed by atoms with van der Waals surface area (Å²) in [4.78, 5) is 15.0. The average molecular weight is 448 g/mol. The molecule has 1 N–H and O–H groups in total. The Hall–Kier alpha value is -3.76. The topological polar surface area (TPSA) is 91.4 Å². The molecule has 0 spiro atoms. The van der Waals surface area contributed by atoms with Gasteiger partial charge in [0.2, 0.25) is 0 Å². The van der Waals surface area contributed by atoms with Crippen LogP contribution in [0.2, 0.25) is 0 Å². The van der Waals surface area contributed by atoms with E-state index in [0.717, 1.165) is 0 Å². The highest BCUT2D eigenvalue weighted by Crippen LogP contribution is 2.31. The van der Waals surface area contributed by atoms with E-state index in [-0.39, 0.29) is 24.0 Å². The third-order valence-corrected chi connectivity index (χ3v) is 4.70. The molecule has 0 saturated carbocycles. The van der Waals surface area contributed by atoms with Gasteiger partial charge < -0.3 is 19.1 Å². The van der Waals surface area contributed by atoms with Crippen LogP contribution in [0.5, 0.6) is 11.5 Å². The molecule has 0 aliphatic carbocycles. The van der Waals surface area contributed by atoms with E-state index in [1.54, 1.807) is 15.3 Å². The van der Waals surface area contributed by atoms with E-state index in [2.05, 4.69) is 19.6 Å². The Kier molecular flexibility index (Phi) is 5.41. The molecule has 0 fully saturated rings. The molecule has 11 heteroatoms. The molecule has 0 amide bonds. The first-order valence-corrected chi connectivity index (χ1v) is 9.69. The van der Waals surface area contributed by atoms with Crippen molar-refractivity contribution in [3.63, 3.8) is 0 Å². The summed E-state index contributed by atoms with van der Waals surface area (Å²) in [6, 6.07) is 7.26. The molecule has 32 heavy (non-hydrogen) atoms. The fraction of sp³-hybridized carbons (Fsp3) is 0.286. The van der Waals surface area contributed by atoms with Crippen molar-refractivity contribution in [3.05, 3.63) is 48.4 Å². The molecular weight excluding hydrogens is 429 g/mol. The van der Waals surface area contributed by atoms with Crippen LogP contribution < -0.4 is 9.47 Å². The van der Waals surface area contributed by atoms with Gasteiger partial charge in [0.1, 0.15) is 11.5 Å². The van der Waals surface area contributed by atoms with Crippen molar-refractivity contribution in [2.75, 3.05) is 0 Å². The van der Waals surface area contributed by atoms with Gasteiger partial charge in [-0.1, -0.05) is 13.8 Å². The average Bonchev–Trinajstić information content (AvgIpc) is 3.23. The quantitative estimate of drug-likeness (QED) is 0.328. The van der Waals surface area contributed by atoms with Crippen LogP contribution in [0.1, 0.15) is 19.4 Å². The molecule has 4 rings (SSSR count). The van der Waals surface area contributed by atoms with Crippen molar-refractivity contribution in [2.24, 2.45) is 5.92 Å². The Bertz CT molecular complexity index is 1290. The second-order valence-electron chi connectivity index (χ2n) is 7.68. The summed E-state index contributed by atoms with van der Waals surface area (Å²) in [5.41, 5.74) is 2.43. The number of imidazole rings is 1. The number of hydrogen-bond acceptors (Lipinski definition) is 5. The zero-order valence-corrected chi connectivity index (χ0v) is 17.1. The maximum atomic E-state index is 12.9. The summed E-state index contributed by atoms with van der Waals surface area (Å²) in [7, 11) is 0. The van der Waals surface area contributed by atoms with E-state index < -0.39 is 12.5 Å². The van der Waals surface area contributed by atoms with Crippen LogP contribution in [0, 0.1) is 5.92 Å². The predicted molar refractivity (Wildman–Crippen MR) is 109 cm³/mol.